The van der Waals surface area contributed by atoms with Crippen molar-refractivity contribution >= 4 is 17.2 Å². The first-order valence-corrected chi connectivity index (χ1v) is 9.26. The van der Waals surface area contributed by atoms with E-state index in [9.17, 15) is 4.79 Å². The molecular weight excluding hydrogens is 352 g/mol. The minimum Gasteiger partial charge on any atom is -0.377 e. The third kappa shape index (κ3) is 3.51. The van der Waals surface area contributed by atoms with Crippen LogP contribution in [-0.4, -0.2) is 45.7 Å². The summed E-state index contributed by atoms with van der Waals surface area (Å²) in [5.41, 5.74) is 1.83. The van der Waals surface area contributed by atoms with Gasteiger partial charge < -0.3 is 14.2 Å². The summed E-state index contributed by atoms with van der Waals surface area (Å²) in [5.74, 6) is 0.953. The van der Waals surface area contributed by atoms with Crippen LogP contribution in [0.1, 0.15) is 23.5 Å². The van der Waals surface area contributed by atoms with Crippen molar-refractivity contribution in [3.63, 3.8) is 0 Å². The molecule has 8 heteroatoms. The Balaban J connectivity index is 1.49. The summed E-state index contributed by atoms with van der Waals surface area (Å²) in [4.78, 5) is 23.5. The molecule has 0 N–H and O–H groups in total. The number of benzene rings is 1. The van der Waals surface area contributed by atoms with E-state index in [0.717, 1.165) is 16.3 Å². The van der Waals surface area contributed by atoms with Crippen molar-refractivity contribution in [2.45, 2.75) is 19.4 Å². The summed E-state index contributed by atoms with van der Waals surface area (Å²) in [7, 11) is 0. The third-order valence-corrected chi connectivity index (χ3v) is 5.14. The van der Waals surface area contributed by atoms with Crippen molar-refractivity contribution in [1.29, 1.82) is 0 Å². The van der Waals surface area contributed by atoms with Gasteiger partial charge in [0.2, 0.25) is 11.8 Å². The van der Waals surface area contributed by atoms with E-state index in [4.69, 9.17) is 9.26 Å². The number of aryl methyl sites for hydroxylation is 1. The van der Waals surface area contributed by atoms with Crippen molar-refractivity contribution in [3.8, 4) is 10.6 Å². The minimum atomic E-state index is -0.319. The number of morpholine rings is 1. The smallest absolute Gasteiger partial charge is 0.229 e. The van der Waals surface area contributed by atoms with Gasteiger partial charge in [0.15, 0.2) is 5.82 Å². The summed E-state index contributed by atoms with van der Waals surface area (Å²) >= 11 is 1.55. The molecule has 1 fully saturated rings. The van der Waals surface area contributed by atoms with Gasteiger partial charge in [-0.2, -0.15) is 4.98 Å². The number of thiazole rings is 1. The molecule has 2 aromatic heterocycles. The summed E-state index contributed by atoms with van der Waals surface area (Å²) in [6.07, 6.45) is 0.247. The van der Waals surface area contributed by atoms with Crippen molar-refractivity contribution in [3.05, 3.63) is 53.1 Å². The second-order valence-corrected chi connectivity index (χ2v) is 6.89. The Bertz CT molecular complexity index is 893. The SMILES string of the molecule is Cc1nc(C2COCCN2C(=O)Cc2csc(-c3ccccc3)n2)no1. The average Bonchev–Trinajstić information content (AvgIpc) is 3.31. The summed E-state index contributed by atoms with van der Waals surface area (Å²) in [6.45, 7) is 3.11. The highest BCUT2D eigenvalue weighted by atomic mass is 32.1. The monoisotopic (exact) mass is 370 g/mol. The first kappa shape index (κ1) is 16.9. The zero-order chi connectivity index (χ0) is 17.9. The lowest BCUT2D eigenvalue weighted by Crippen LogP contribution is -2.44. The predicted octanol–water partition coefficient (Wildman–Crippen LogP) is 2.64. The molecule has 4 rings (SSSR count). The first-order chi connectivity index (χ1) is 12.7. The molecule has 1 aromatic carbocycles. The summed E-state index contributed by atoms with van der Waals surface area (Å²) in [5, 5.41) is 6.81. The lowest BCUT2D eigenvalue weighted by atomic mass is 10.2. The molecular formula is C18H18N4O3S. The van der Waals surface area contributed by atoms with Gasteiger partial charge in [0, 0.05) is 24.4 Å². The largest absolute Gasteiger partial charge is 0.377 e. The van der Waals surface area contributed by atoms with Gasteiger partial charge in [-0.05, 0) is 0 Å². The fourth-order valence-corrected chi connectivity index (χ4v) is 3.75. The Morgan fingerprint density at radius 3 is 2.92 bits per heavy atom. The molecule has 0 spiro atoms. The number of ether oxygens (including phenoxy) is 1. The quantitative estimate of drug-likeness (QED) is 0.702. The second-order valence-electron chi connectivity index (χ2n) is 6.04. The van der Waals surface area contributed by atoms with E-state index in [2.05, 4.69) is 15.1 Å². The van der Waals surface area contributed by atoms with Gasteiger partial charge in [-0.15, -0.1) is 11.3 Å². The number of carbonyl (C=O) groups excluding carboxylic acids is 1. The van der Waals surface area contributed by atoms with Crippen LogP contribution in [0.15, 0.2) is 40.2 Å². The molecule has 3 aromatic rings. The van der Waals surface area contributed by atoms with E-state index in [1.54, 1.807) is 23.2 Å². The average molecular weight is 370 g/mol. The van der Waals surface area contributed by atoms with Crippen LogP contribution in [0.2, 0.25) is 0 Å². The Labute approximate surface area is 154 Å². The highest BCUT2D eigenvalue weighted by Gasteiger charge is 2.32. The maximum atomic E-state index is 12.9. The fraction of sp³-hybridized carbons (Fsp3) is 0.333. The van der Waals surface area contributed by atoms with E-state index in [1.165, 1.54) is 0 Å². The fourth-order valence-electron chi connectivity index (χ4n) is 2.92. The Morgan fingerprint density at radius 1 is 1.31 bits per heavy atom. The van der Waals surface area contributed by atoms with Crippen molar-refractivity contribution in [1.82, 2.24) is 20.0 Å². The summed E-state index contributed by atoms with van der Waals surface area (Å²) < 4.78 is 10.6. The maximum absolute atomic E-state index is 12.9. The molecule has 1 amide bonds. The van der Waals surface area contributed by atoms with Crippen LogP contribution in [0.3, 0.4) is 0 Å². The molecule has 3 heterocycles. The van der Waals surface area contributed by atoms with Gasteiger partial charge in [-0.25, -0.2) is 4.98 Å². The number of hydrogen-bond acceptors (Lipinski definition) is 7. The Hall–Kier alpha value is -2.58. The number of hydrogen-bond donors (Lipinski definition) is 0. The zero-order valence-electron chi connectivity index (χ0n) is 14.3. The Kier molecular flexibility index (Phi) is 4.77. The molecule has 1 aliphatic rings. The molecule has 0 aliphatic carbocycles. The molecule has 0 bridgehead atoms. The lowest BCUT2D eigenvalue weighted by molar-refractivity contribution is -0.139. The molecule has 0 radical (unpaired) electrons. The van der Waals surface area contributed by atoms with Crippen LogP contribution in [0.5, 0.6) is 0 Å². The highest BCUT2D eigenvalue weighted by Crippen LogP contribution is 2.26. The topological polar surface area (TPSA) is 81.4 Å². The van der Waals surface area contributed by atoms with Crippen molar-refractivity contribution in [2.75, 3.05) is 19.8 Å². The normalized spacial score (nSPS) is 17.4. The van der Waals surface area contributed by atoms with Gasteiger partial charge in [0.05, 0.1) is 25.3 Å². The molecule has 1 unspecified atom stereocenters. The predicted molar refractivity (Wildman–Crippen MR) is 95.6 cm³/mol. The van der Waals surface area contributed by atoms with Crippen LogP contribution >= 0.6 is 11.3 Å². The van der Waals surface area contributed by atoms with Gasteiger partial charge in [0.25, 0.3) is 0 Å². The molecule has 7 nitrogen and oxygen atoms in total. The van der Waals surface area contributed by atoms with E-state index in [0.29, 0.717) is 31.5 Å². The first-order valence-electron chi connectivity index (χ1n) is 8.38. The number of rotatable bonds is 4. The van der Waals surface area contributed by atoms with Gasteiger partial charge in [0.1, 0.15) is 11.0 Å². The molecule has 1 atom stereocenters. The van der Waals surface area contributed by atoms with Crippen molar-refractivity contribution in [2.24, 2.45) is 0 Å². The number of amides is 1. The standard InChI is InChI=1S/C18H18N4O3S/c1-12-19-17(21-25-12)15-10-24-8-7-22(15)16(23)9-14-11-26-18(20-14)13-5-3-2-4-6-13/h2-6,11,15H,7-10H2,1H3. The van der Waals surface area contributed by atoms with Crippen LogP contribution in [0.25, 0.3) is 10.6 Å². The van der Waals surface area contributed by atoms with E-state index < -0.39 is 0 Å². The van der Waals surface area contributed by atoms with Crippen LogP contribution in [-0.2, 0) is 16.0 Å². The third-order valence-electron chi connectivity index (χ3n) is 4.19. The van der Waals surface area contributed by atoms with Gasteiger partial charge in [-0.3, -0.25) is 4.79 Å². The van der Waals surface area contributed by atoms with Gasteiger partial charge in [-0.1, -0.05) is 35.5 Å². The zero-order valence-corrected chi connectivity index (χ0v) is 15.1. The van der Waals surface area contributed by atoms with E-state index >= 15 is 0 Å². The lowest BCUT2D eigenvalue weighted by Gasteiger charge is -2.33. The number of carbonyl (C=O) groups is 1. The Morgan fingerprint density at radius 2 is 2.15 bits per heavy atom. The highest BCUT2D eigenvalue weighted by molar-refractivity contribution is 7.13. The molecule has 134 valence electrons. The second kappa shape index (κ2) is 7.35. The maximum Gasteiger partial charge on any atom is 0.229 e. The molecule has 1 saturated heterocycles. The van der Waals surface area contributed by atoms with E-state index in [-0.39, 0.29) is 18.4 Å². The van der Waals surface area contributed by atoms with Crippen LogP contribution < -0.4 is 0 Å². The van der Waals surface area contributed by atoms with Crippen LogP contribution in [0, 0.1) is 6.92 Å². The minimum absolute atomic E-state index is 0.00864. The van der Waals surface area contributed by atoms with Crippen molar-refractivity contribution < 1.29 is 14.1 Å². The van der Waals surface area contributed by atoms with E-state index in [1.807, 2.05) is 35.7 Å². The molecule has 0 saturated carbocycles. The number of nitrogens with zero attached hydrogens (tertiary/aromatic N) is 4. The molecule has 1 aliphatic heterocycles. The van der Waals surface area contributed by atoms with Crippen LogP contribution in [0.4, 0.5) is 0 Å². The van der Waals surface area contributed by atoms with Gasteiger partial charge >= 0.3 is 0 Å². The molecule has 26 heavy (non-hydrogen) atoms. The summed E-state index contributed by atoms with van der Waals surface area (Å²) in [6, 6.07) is 9.64. The number of aromatic nitrogens is 3.